The molecule has 0 unspecified atom stereocenters. The second kappa shape index (κ2) is 5.95. The van der Waals surface area contributed by atoms with Crippen molar-refractivity contribution in [1.82, 2.24) is 29.7 Å². The quantitative estimate of drug-likeness (QED) is 0.827. The van der Waals surface area contributed by atoms with Crippen molar-refractivity contribution in [3.05, 3.63) is 29.2 Å². The summed E-state index contributed by atoms with van der Waals surface area (Å²) in [5.74, 6) is 2.95. The van der Waals surface area contributed by atoms with Gasteiger partial charge in [-0.05, 0) is 13.8 Å². The minimum atomic E-state index is 0.845. The first-order valence-electron chi connectivity index (χ1n) is 7.33. The molecule has 0 spiro atoms. The maximum Gasteiger partial charge on any atom is 0.150 e. The van der Waals surface area contributed by atoms with Crippen LogP contribution in [0.3, 0.4) is 0 Å². The number of aromatic nitrogens is 4. The highest BCUT2D eigenvalue weighted by Crippen LogP contribution is 2.11. The Hall–Kier alpha value is -1.73. The van der Waals surface area contributed by atoms with E-state index in [1.165, 1.54) is 0 Å². The fourth-order valence-electron chi connectivity index (χ4n) is 2.61. The number of rotatable bonds is 4. The molecule has 21 heavy (non-hydrogen) atoms. The van der Waals surface area contributed by atoms with E-state index >= 15 is 0 Å². The Morgan fingerprint density at radius 2 is 1.71 bits per heavy atom. The molecule has 1 saturated heterocycles. The molecule has 2 aromatic rings. The molecule has 1 fully saturated rings. The standard InChI is InChI=1S/C14H22N6O/c1-11-8-13(21-17-11)9-19-4-6-20(7-5-19)10-14-16-15-12(2)18(14)3/h8H,4-7,9-10H2,1-3H3. The van der Waals surface area contributed by atoms with Crippen LogP contribution < -0.4 is 0 Å². The Labute approximate surface area is 124 Å². The maximum absolute atomic E-state index is 5.28. The van der Waals surface area contributed by atoms with E-state index in [9.17, 15) is 0 Å². The second-order valence-corrected chi connectivity index (χ2v) is 5.71. The molecule has 1 aliphatic heterocycles. The molecule has 2 aromatic heterocycles. The Morgan fingerprint density at radius 1 is 1.05 bits per heavy atom. The van der Waals surface area contributed by atoms with E-state index in [2.05, 4.69) is 29.7 Å². The zero-order valence-electron chi connectivity index (χ0n) is 12.9. The van der Waals surface area contributed by atoms with E-state index in [1.54, 1.807) is 0 Å². The molecule has 7 nitrogen and oxygen atoms in total. The van der Waals surface area contributed by atoms with Crippen LogP contribution in [0.2, 0.25) is 0 Å². The smallest absolute Gasteiger partial charge is 0.150 e. The van der Waals surface area contributed by atoms with E-state index < -0.39 is 0 Å². The van der Waals surface area contributed by atoms with Crippen molar-refractivity contribution < 1.29 is 4.52 Å². The van der Waals surface area contributed by atoms with Gasteiger partial charge >= 0.3 is 0 Å². The fourth-order valence-corrected chi connectivity index (χ4v) is 2.61. The molecule has 3 rings (SSSR count). The van der Waals surface area contributed by atoms with Crippen LogP contribution >= 0.6 is 0 Å². The lowest BCUT2D eigenvalue weighted by atomic mass is 10.3. The molecule has 0 bridgehead atoms. The first-order chi connectivity index (χ1) is 10.1. The van der Waals surface area contributed by atoms with E-state index in [-0.39, 0.29) is 0 Å². The van der Waals surface area contributed by atoms with Gasteiger partial charge < -0.3 is 9.09 Å². The van der Waals surface area contributed by atoms with Gasteiger partial charge in [0.15, 0.2) is 5.76 Å². The molecule has 0 saturated carbocycles. The predicted molar refractivity (Wildman–Crippen MR) is 77.5 cm³/mol. The van der Waals surface area contributed by atoms with Gasteiger partial charge in [-0.2, -0.15) is 0 Å². The summed E-state index contributed by atoms with van der Waals surface area (Å²) >= 11 is 0. The molecule has 1 aliphatic rings. The maximum atomic E-state index is 5.28. The fraction of sp³-hybridized carbons (Fsp3) is 0.643. The summed E-state index contributed by atoms with van der Waals surface area (Å²) in [6.45, 7) is 9.80. The van der Waals surface area contributed by atoms with Gasteiger partial charge in [-0.25, -0.2) is 0 Å². The van der Waals surface area contributed by atoms with Crippen molar-refractivity contribution in [3.8, 4) is 0 Å². The highest BCUT2D eigenvalue weighted by Gasteiger charge is 2.20. The van der Waals surface area contributed by atoms with Crippen LogP contribution in [0.4, 0.5) is 0 Å². The third kappa shape index (κ3) is 3.30. The highest BCUT2D eigenvalue weighted by atomic mass is 16.5. The minimum absolute atomic E-state index is 0.845. The topological polar surface area (TPSA) is 63.2 Å². The summed E-state index contributed by atoms with van der Waals surface area (Å²) in [7, 11) is 2.02. The summed E-state index contributed by atoms with van der Waals surface area (Å²) in [6.07, 6.45) is 0. The van der Waals surface area contributed by atoms with Crippen molar-refractivity contribution in [2.75, 3.05) is 26.2 Å². The number of hydrogen-bond donors (Lipinski definition) is 0. The third-order valence-corrected chi connectivity index (χ3v) is 4.07. The second-order valence-electron chi connectivity index (χ2n) is 5.71. The van der Waals surface area contributed by atoms with Gasteiger partial charge in [0.1, 0.15) is 11.6 Å². The van der Waals surface area contributed by atoms with Gasteiger partial charge in [-0.3, -0.25) is 9.80 Å². The molecule has 0 amide bonds. The molecule has 7 heteroatoms. The van der Waals surface area contributed by atoms with E-state index in [4.69, 9.17) is 4.52 Å². The normalized spacial score (nSPS) is 17.5. The summed E-state index contributed by atoms with van der Waals surface area (Å²) in [5.41, 5.74) is 0.946. The number of piperazine rings is 1. The van der Waals surface area contributed by atoms with Gasteiger partial charge in [0.05, 0.1) is 18.8 Å². The van der Waals surface area contributed by atoms with Crippen LogP contribution in [0.25, 0.3) is 0 Å². The summed E-state index contributed by atoms with van der Waals surface area (Å²) < 4.78 is 7.34. The number of hydrogen-bond acceptors (Lipinski definition) is 6. The number of nitrogens with zero attached hydrogens (tertiary/aromatic N) is 6. The van der Waals surface area contributed by atoms with E-state index in [0.717, 1.165) is 62.4 Å². The Bertz CT molecular complexity index is 596. The lowest BCUT2D eigenvalue weighted by Gasteiger charge is -2.33. The molecular weight excluding hydrogens is 268 g/mol. The predicted octanol–water partition coefficient (Wildman–Crippen LogP) is 0.738. The van der Waals surface area contributed by atoms with Gasteiger partial charge in [-0.1, -0.05) is 5.16 Å². The van der Waals surface area contributed by atoms with Crippen LogP contribution in [0.15, 0.2) is 10.6 Å². The zero-order chi connectivity index (χ0) is 14.8. The SMILES string of the molecule is Cc1cc(CN2CCN(Cc3nnc(C)n3C)CC2)on1. The molecule has 0 atom stereocenters. The van der Waals surface area contributed by atoms with Gasteiger partial charge in [0, 0.05) is 39.3 Å². The molecular formula is C14H22N6O. The van der Waals surface area contributed by atoms with Gasteiger partial charge in [-0.15, -0.1) is 10.2 Å². The average molecular weight is 290 g/mol. The molecule has 114 valence electrons. The Morgan fingerprint density at radius 3 is 2.24 bits per heavy atom. The van der Waals surface area contributed by atoms with Gasteiger partial charge in [0.25, 0.3) is 0 Å². The molecule has 0 aromatic carbocycles. The lowest BCUT2D eigenvalue weighted by molar-refractivity contribution is 0.111. The lowest BCUT2D eigenvalue weighted by Crippen LogP contribution is -2.45. The van der Waals surface area contributed by atoms with Crippen LogP contribution in [-0.4, -0.2) is 55.9 Å². The van der Waals surface area contributed by atoms with Crippen molar-refractivity contribution >= 4 is 0 Å². The highest BCUT2D eigenvalue weighted by molar-refractivity contribution is 5.03. The molecule has 0 aliphatic carbocycles. The van der Waals surface area contributed by atoms with Crippen LogP contribution in [0.1, 0.15) is 23.1 Å². The van der Waals surface area contributed by atoms with Crippen LogP contribution in [0, 0.1) is 13.8 Å². The molecule has 0 radical (unpaired) electrons. The largest absolute Gasteiger partial charge is 0.360 e. The van der Waals surface area contributed by atoms with Crippen molar-refractivity contribution in [3.63, 3.8) is 0 Å². The van der Waals surface area contributed by atoms with E-state index in [1.807, 2.05) is 27.0 Å². The average Bonchev–Trinajstić information content (AvgIpc) is 3.01. The van der Waals surface area contributed by atoms with Crippen molar-refractivity contribution in [1.29, 1.82) is 0 Å². The third-order valence-electron chi connectivity index (χ3n) is 4.07. The first kappa shape index (κ1) is 14.2. The first-order valence-corrected chi connectivity index (χ1v) is 7.33. The summed E-state index contributed by atoms with van der Waals surface area (Å²) in [4.78, 5) is 4.82. The zero-order valence-corrected chi connectivity index (χ0v) is 12.9. The summed E-state index contributed by atoms with van der Waals surface area (Å²) in [6, 6.07) is 2.01. The van der Waals surface area contributed by atoms with E-state index in [0.29, 0.717) is 0 Å². The van der Waals surface area contributed by atoms with Crippen LogP contribution in [0.5, 0.6) is 0 Å². The summed E-state index contributed by atoms with van der Waals surface area (Å²) in [5, 5.41) is 12.3. The van der Waals surface area contributed by atoms with Crippen molar-refractivity contribution in [2.45, 2.75) is 26.9 Å². The number of aryl methyl sites for hydroxylation is 2. The Kier molecular flexibility index (Phi) is 4.03. The van der Waals surface area contributed by atoms with Crippen molar-refractivity contribution in [2.24, 2.45) is 7.05 Å². The monoisotopic (exact) mass is 290 g/mol. The molecule has 3 heterocycles. The molecule has 0 N–H and O–H groups in total. The Balaban J connectivity index is 1.50. The van der Waals surface area contributed by atoms with Gasteiger partial charge in [0.2, 0.25) is 0 Å². The minimum Gasteiger partial charge on any atom is -0.360 e. The van der Waals surface area contributed by atoms with Crippen LogP contribution in [-0.2, 0) is 20.1 Å².